The topological polar surface area (TPSA) is 36.4 Å². The smallest absolute Gasteiger partial charge is 0.110 e. The van der Waals surface area contributed by atoms with E-state index in [9.17, 15) is 0 Å². The number of hydrogen-bond acceptors (Lipinski definition) is 3. The van der Waals surface area contributed by atoms with Gasteiger partial charge in [-0.1, -0.05) is 90.6 Å². The molecule has 0 aromatic rings. The van der Waals surface area contributed by atoms with Gasteiger partial charge in [0.1, 0.15) is 5.84 Å². The molecule has 0 saturated heterocycles. The Morgan fingerprint density at radius 3 is 2.33 bits per heavy atom. The van der Waals surface area contributed by atoms with Crippen molar-refractivity contribution >= 4 is 5.84 Å². The average Bonchev–Trinajstić information content (AvgIpc) is 2.98. The highest BCUT2D eigenvalue weighted by molar-refractivity contribution is 5.89. The monoisotopic (exact) mass is 477 g/mol. The molecule has 36 heavy (non-hydrogen) atoms. The van der Waals surface area contributed by atoms with Crippen LogP contribution in [-0.4, -0.2) is 25.0 Å². The van der Waals surface area contributed by atoms with Gasteiger partial charge in [-0.25, -0.2) is 4.99 Å². The molecule has 0 amide bonds. The summed E-state index contributed by atoms with van der Waals surface area (Å²) in [6, 6.07) is 0.276. The van der Waals surface area contributed by atoms with E-state index in [1.807, 2.05) is 0 Å². The third-order valence-electron chi connectivity index (χ3n) is 8.53. The lowest BCUT2D eigenvalue weighted by molar-refractivity contribution is 0.455. The molecule has 0 fully saturated rings. The van der Waals surface area contributed by atoms with Crippen molar-refractivity contribution < 1.29 is 0 Å². The second-order valence-electron chi connectivity index (χ2n) is 10.9. The summed E-state index contributed by atoms with van der Waals surface area (Å²) >= 11 is 0. The molecule has 6 rings (SSSR count). The van der Waals surface area contributed by atoms with Crippen LogP contribution in [0.1, 0.15) is 44.9 Å². The van der Waals surface area contributed by atoms with Gasteiger partial charge >= 0.3 is 0 Å². The van der Waals surface area contributed by atoms with Crippen molar-refractivity contribution in [2.24, 2.45) is 28.7 Å². The van der Waals surface area contributed by atoms with Gasteiger partial charge in [0.15, 0.2) is 0 Å². The average molecular weight is 478 g/mol. The maximum atomic E-state index is 5.47. The van der Waals surface area contributed by atoms with Crippen LogP contribution in [0.15, 0.2) is 112 Å². The fourth-order valence-corrected chi connectivity index (χ4v) is 6.55. The van der Waals surface area contributed by atoms with E-state index in [0.29, 0.717) is 23.7 Å². The summed E-state index contributed by atoms with van der Waals surface area (Å²) in [6.07, 6.45) is 40.3. The highest BCUT2D eigenvalue weighted by Crippen LogP contribution is 2.40. The highest BCUT2D eigenvalue weighted by atomic mass is 15.1. The number of nitrogens with one attached hydrogen (secondary N) is 2. The molecule has 2 heterocycles. The van der Waals surface area contributed by atoms with E-state index in [1.54, 1.807) is 5.57 Å². The summed E-state index contributed by atoms with van der Waals surface area (Å²) in [5.74, 6) is 2.97. The largest absolute Gasteiger partial charge is 0.366 e. The van der Waals surface area contributed by atoms with Crippen LogP contribution in [0, 0.1) is 23.7 Å². The zero-order valence-electron chi connectivity index (χ0n) is 21.3. The van der Waals surface area contributed by atoms with Crippen molar-refractivity contribution in [1.82, 2.24) is 10.6 Å². The maximum Gasteiger partial charge on any atom is 0.110 e. The van der Waals surface area contributed by atoms with E-state index < -0.39 is 0 Å². The molecule has 0 radical (unpaired) electrons. The van der Waals surface area contributed by atoms with Crippen molar-refractivity contribution in [3.8, 4) is 0 Å². The van der Waals surface area contributed by atoms with Gasteiger partial charge in [-0.05, 0) is 68.6 Å². The summed E-state index contributed by atoms with van der Waals surface area (Å²) in [5.41, 5.74) is 5.74. The second-order valence-corrected chi connectivity index (χ2v) is 10.9. The van der Waals surface area contributed by atoms with Gasteiger partial charge in [-0.15, -0.1) is 0 Å². The summed E-state index contributed by atoms with van der Waals surface area (Å²) in [7, 11) is 0. The molecular formula is C33H39N3. The first-order valence-electron chi connectivity index (χ1n) is 14.1. The molecule has 2 N–H and O–H groups in total. The lowest BCUT2D eigenvalue weighted by Crippen LogP contribution is -2.48. The summed E-state index contributed by atoms with van der Waals surface area (Å²) in [6.45, 7) is 2.16. The van der Waals surface area contributed by atoms with Crippen LogP contribution < -0.4 is 10.6 Å². The summed E-state index contributed by atoms with van der Waals surface area (Å²) in [5, 5.41) is 7.58. The van der Waals surface area contributed by atoms with Crippen LogP contribution in [0.5, 0.6) is 0 Å². The molecule has 5 atom stereocenters. The Morgan fingerprint density at radius 1 is 0.778 bits per heavy atom. The number of aliphatic imine (C=N–C) groups is 1. The Bertz CT molecular complexity index is 1150. The molecular weight excluding hydrogens is 438 g/mol. The normalized spacial score (nSPS) is 33.8. The molecule has 3 nitrogen and oxygen atoms in total. The van der Waals surface area contributed by atoms with Crippen LogP contribution in [0.25, 0.3) is 0 Å². The summed E-state index contributed by atoms with van der Waals surface area (Å²) in [4.78, 5) is 5.47. The van der Waals surface area contributed by atoms with E-state index in [4.69, 9.17) is 4.99 Å². The minimum Gasteiger partial charge on any atom is -0.366 e. The Labute approximate surface area is 216 Å². The lowest BCUT2D eigenvalue weighted by Gasteiger charge is -2.40. The fourth-order valence-electron chi connectivity index (χ4n) is 6.55. The first kappa shape index (κ1) is 23.5. The predicted octanol–water partition coefficient (Wildman–Crippen LogP) is 6.65. The molecule has 5 unspecified atom stereocenters. The molecule has 0 saturated carbocycles. The molecule has 186 valence electrons. The van der Waals surface area contributed by atoms with E-state index in [1.165, 1.54) is 29.1 Å². The highest BCUT2D eigenvalue weighted by Gasteiger charge is 2.36. The number of hydrogen-bond donors (Lipinski definition) is 2. The minimum atomic E-state index is 0.276. The van der Waals surface area contributed by atoms with Gasteiger partial charge in [0, 0.05) is 24.3 Å². The molecule has 6 aliphatic rings. The molecule has 0 bridgehead atoms. The van der Waals surface area contributed by atoms with Gasteiger partial charge in [0.25, 0.3) is 0 Å². The van der Waals surface area contributed by atoms with Crippen LogP contribution in [0.3, 0.4) is 0 Å². The zero-order valence-corrected chi connectivity index (χ0v) is 21.3. The van der Waals surface area contributed by atoms with E-state index in [2.05, 4.69) is 95.7 Å². The number of nitrogens with zero attached hydrogens (tertiary/aromatic N) is 1. The lowest BCUT2D eigenvalue weighted by atomic mass is 9.75. The number of allylic oxidation sites excluding steroid dienone is 12. The quantitative estimate of drug-likeness (QED) is 0.435. The van der Waals surface area contributed by atoms with Gasteiger partial charge < -0.3 is 10.6 Å². The van der Waals surface area contributed by atoms with E-state index >= 15 is 0 Å². The molecule has 3 heteroatoms. The SMILES string of the molecule is C1=CCCC(C2=C(C3C=CC=CC3)C(C3C=CC=CC3)NC(C3C=CC(C4=CCCNC4)CC3)=N2)=C1. The molecule has 0 aromatic carbocycles. The van der Waals surface area contributed by atoms with Crippen LogP contribution in [0.4, 0.5) is 0 Å². The second kappa shape index (κ2) is 11.0. The van der Waals surface area contributed by atoms with Gasteiger partial charge in [-0.3, -0.25) is 0 Å². The standard InChI is InChI=1S/C33H39N3/c1-4-11-25(12-5-1)30-31(26-13-6-2-7-14-26)35-33(36-32(30)27-15-8-3-9-16-27)28-20-18-24(19-21-28)29-17-10-22-34-23-29/h1-8,11,13,15,17-18,20,24-26,28,31,34H,9-10,12,14,16,19,21-23H2,(H,35,36). The Hall–Kier alpha value is -2.91. The van der Waals surface area contributed by atoms with Crippen molar-refractivity contribution in [1.29, 1.82) is 0 Å². The van der Waals surface area contributed by atoms with E-state index in [0.717, 1.165) is 51.6 Å². The fraction of sp³-hybridized carbons (Fsp3) is 0.424. The number of rotatable bonds is 5. The third-order valence-corrected chi connectivity index (χ3v) is 8.53. The van der Waals surface area contributed by atoms with Crippen molar-refractivity contribution in [2.45, 2.75) is 51.0 Å². The summed E-state index contributed by atoms with van der Waals surface area (Å²) < 4.78 is 0. The Morgan fingerprint density at radius 2 is 1.64 bits per heavy atom. The van der Waals surface area contributed by atoms with E-state index in [-0.39, 0.29) is 6.04 Å². The Kier molecular flexibility index (Phi) is 7.18. The molecule has 4 aliphatic carbocycles. The first-order valence-corrected chi connectivity index (χ1v) is 14.1. The van der Waals surface area contributed by atoms with Gasteiger partial charge in [-0.2, -0.15) is 0 Å². The van der Waals surface area contributed by atoms with Gasteiger partial charge in [0.2, 0.25) is 0 Å². The number of amidine groups is 1. The minimum absolute atomic E-state index is 0.276. The van der Waals surface area contributed by atoms with Crippen LogP contribution in [0.2, 0.25) is 0 Å². The zero-order chi connectivity index (χ0) is 24.2. The van der Waals surface area contributed by atoms with Crippen molar-refractivity contribution in [3.05, 3.63) is 107 Å². The van der Waals surface area contributed by atoms with Crippen LogP contribution in [-0.2, 0) is 0 Å². The first-order chi connectivity index (χ1) is 17.9. The van der Waals surface area contributed by atoms with Gasteiger partial charge in [0.05, 0.1) is 11.7 Å². The molecule has 0 aromatic heterocycles. The molecule has 0 spiro atoms. The third kappa shape index (κ3) is 4.99. The van der Waals surface area contributed by atoms with Crippen LogP contribution >= 0.6 is 0 Å². The van der Waals surface area contributed by atoms with Crippen molar-refractivity contribution in [2.75, 3.05) is 13.1 Å². The predicted molar refractivity (Wildman–Crippen MR) is 152 cm³/mol. The Balaban J connectivity index is 1.37. The maximum absolute atomic E-state index is 5.47. The molecule has 2 aliphatic heterocycles. The van der Waals surface area contributed by atoms with Crippen molar-refractivity contribution in [3.63, 3.8) is 0 Å².